The summed E-state index contributed by atoms with van der Waals surface area (Å²) in [4.78, 5) is 14.3. The van der Waals surface area contributed by atoms with E-state index < -0.39 is 0 Å². The van der Waals surface area contributed by atoms with Crippen molar-refractivity contribution in [2.24, 2.45) is 5.73 Å². The molecule has 1 heterocycles. The zero-order valence-electron chi connectivity index (χ0n) is 12.3. The Balaban J connectivity index is 0.00000220. The molecule has 2 rings (SSSR count). The zero-order valence-corrected chi connectivity index (χ0v) is 13.1. The number of piperidine rings is 1. The minimum absolute atomic E-state index is 0. The zero-order chi connectivity index (χ0) is 14.4. The standard InChI is InChI=1S/C15H22N2O3.ClH/c1-19-9-10-20-14-4-2-3-12(11-14)15(18)17-7-5-13(16)6-8-17;/h2-4,11,13H,5-10,16H2,1H3;1H. The fourth-order valence-corrected chi connectivity index (χ4v) is 2.25. The minimum Gasteiger partial charge on any atom is -0.491 e. The summed E-state index contributed by atoms with van der Waals surface area (Å²) in [6.07, 6.45) is 1.74. The number of benzene rings is 1. The fourth-order valence-electron chi connectivity index (χ4n) is 2.25. The molecule has 1 aliphatic rings. The van der Waals surface area contributed by atoms with Gasteiger partial charge in [0.05, 0.1) is 6.61 Å². The largest absolute Gasteiger partial charge is 0.491 e. The third-order valence-electron chi connectivity index (χ3n) is 3.46. The van der Waals surface area contributed by atoms with Crippen LogP contribution in [0.15, 0.2) is 24.3 Å². The molecule has 0 bridgehead atoms. The van der Waals surface area contributed by atoms with Gasteiger partial charge in [-0.1, -0.05) is 6.07 Å². The van der Waals surface area contributed by atoms with Gasteiger partial charge >= 0.3 is 0 Å². The highest BCUT2D eigenvalue weighted by molar-refractivity contribution is 5.94. The summed E-state index contributed by atoms with van der Waals surface area (Å²) in [6, 6.07) is 7.51. The maximum atomic E-state index is 12.4. The van der Waals surface area contributed by atoms with Crippen molar-refractivity contribution in [2.45, 2.75) is 18.9 Å². The van der Waals surface area contributed by atoms with Crippen LogP contribution in [0.5, 0.6) is 5.75 Å². The van der Waals surface area contributed by atoms with E-state index in [1.54, 1.807) is 13.2 Å². The van der Waals surface area contributed by atoms with Crippen molar-refractivity contribution in [3.63, 3.8) is 0 Å². The summed E-state index contributed by atoms with van der Waals surface area (Å²) in [5.74, 6) is 0.746. The van der Waals surface area contributed by atoms with Gasteiger partial charge in [0.15, 0.2) is 0 Å². The molecule has 1 saturated heterocycles. The molecule has 1 aromatic carbocycles. The van der Waals surface area contributed by atoms with E-state index in [0.717, 1.165) is 25.9 Å². The van der Waals surface area contributed by atoms with E-state index in [-0.39, 0.29) is 24.4 Å². The molecule has 21 heavy (non-hydrogen) atoms. The van der Waals surface area contributed by atoms with Gasteiger partial charge in [-0.05, 0) is 31.0 Å². The van der Waals surface area contributed by atoms with E-state index in [1.807, 2.05) is 23.1 Å². The molecule has 1 aromatic rings. The fraction of sp³-hybridized carbons (Fsp3) is 0.533. The third-order valence-corrected chi connectivity index (χ3v) is 3.46. The topological polar surface area (TPSA) is 64.8 Å². The first-order valence-corrected chi connectivity index (χ1v) is 6.97. The van der Waals surface area contributed by atoms with Crippen LogP contribution in [0.3, 0.4) is 0 Å². The van der Waals surface area contributed by atoms with Crippen LogP contribution in [0.1, 0.15) is 23.2 Å². The first-order valence-electron chi connectivity index (χ1n) is 6.97. The van der Waals surface area contributed by atoms with Crippen molar-refractivity contribution in [1.29, 1.82) is 0 Å². The van der Waals surface area contributed by atoms with Gasteiger partial charge in [-0.3, -0.25) is 4.79 Å². The summed E-state index contributed by atoms with van der Waals surface area (Å²) in [5.41, 5.74) is 6.52. The molecule has 0 spiro atoms. The number of hydrogen-bond acceptors (Lipinski definition) is 4. The van der Waals surface area contributed by atoms with Gasteiger partial charge in [-0.15, -0.1) is 12.4 Å². The van der Waals surface area contributed by atoms with Crippen LogP contribution in [0.2, 0.25) is 0 Å². The van der Waals surface area contributed by atoms with Gasteiger partial charge in [-0.2, -0.15) is 0 Å². The van der Waals surface area contributed by atoms with Crippen LogP contribution in [0, 0.1) is 0 Å². The smallest absolute Gasteiger partial charge is 0.253 e. The monoisotopic (exact) mass is 314 g/mol. The van der Waals surface area contributed by atoms with Gasteiger partial charge in [0.25, 0.3) is 5.91 Å². The summed E-state index contributed by atoms with van der Waals surface area (Å²) in [5, 5.41) is 0. The molecule has 0 atom stereocenters. The number of hydrogen-bond donors (Lipinski definition) is 1. The molecule has 118 valence electrons. The number of halogens is 1. The van der Waals surface area contributed by atoms with Crippen LogP contribution >= 0.6 is 12.4 Å². The predicted molar refractivity (Wildman–Crippen MR) is 84.2 cm³/mol. The van der Waals surface area contributed by atoms with Gasteiger partial charge in [0.2, 0.25) is 0 Å². The molecular weight excluding hydrogens is 292 g/mol. The van der Waals surface area contributed by atoms with E-state index in [4.69, 9.17) is 15.2 Å². The molecule has 5 nitrogen and oxygen atoms in total. The molecule has 1 fully saturated rings. The Morgan fingerprint density at radius 1 is 1.33 bits per heavy atom. The highest BCUT2D eigenvalue weighted by Gasteiger charge is 2.21. The molecule has 6 heteroatoms. The highest BCUT2D eigenvalue weighted by atomic mass is 35.5. The number of methoxy groups -OCH3 is 1. The van der Waals surface area contributed by atoms with Crippen molar-refractivity contribution in [3.05, 3.63) is 29.8 Å². The van der Waals surface area contributed by atoms with Gasteiger partial charge in [0.1, 0.15) is 12.4 Å². The Kier molecular flexibility index (Phi) is 7.50. The first kappa shape index (κ1) is 17.8. The van der Waals surface area contributed by atoms with E-state index >= 15 is 0 Å². The minimum atomic E-state index is 0. The van der Waals surface area contributed by atoms with Crippen LogP contribution in [0.4, 0.5) is 0 Å². The Bertz CT molecular complexity index is 448. The number of amides is 1. The van der Waals surface area contributed by atoms with Gasteiger partial charge < -0.3 is 20.1 Å². The molecule has 2 N–H and O–H groups in total. The highest BCUT2D eigenvalue weighted by Crippen LogP contribution is 2.17. The second-order valence-corrected chi connectivity index (χ2v) is 5.00. The van der Waals surface area contributed by atoms with E-state index in [1.165, 1.54) is 0 Å². The Hall–Kier alpha value is -1.30. The number of nitrogens with zero attached hydrogens (tertiary/aromatic N) is 1. The lowest BCUT2D eigenvalue weighted by Gasteiger charge is -2.30. The van der Waals surface area contributed by atoms with Crippen molar-refractivity contribution in [3.8, 4) is 5.75 Å². The number of rotatable bonds is 5. The lowest BCUT2D eigenvalue weighted by atomic mass is 10.0. The van der Waals surface area contributed by atoms with Gasteiger partial charge in [-0.25, -0.2) is 0 Å². The second kappa shape index (κ2) is 8.87. The van der Waals surface area contributed by atoms with Crippen LogP contribution in [-0.4, -0.2) is 50.3 Å². The van der Waals surface area contributed by atoms with Crippen LogP contribution < -0.4 is 10.5 Å². The normalized spacial score (nSPS) is 15.4. The average Bonchev–Trinajstić information content (AvgIpc) is 2.48. The lowest BCUT2D eigenvalue weighted by molar-refractivity contribution is 0.0714. The Labute approximate surface area is 131 Å². The summed E-state index contributed by atoms with van der Waals surface area (Å²) in [6.45, 7) is 2.47. The maximum Gasteiger partial charge on any atom is 0.253 e. The number of carbonyl (C=O) groups excluding carboxylic acids is 1. The quantitative estimate of drug-likeness (QED) is 0.840. The van der Waals surface area contributed by atoms with Crippen molar-refractivity contribution < 1.29 is 14.3 Å². The summed E-state index contributed by atoms with van der Waals surface area (Å²) >= 11 is 0. The van der Waals surface area contributed by atoms with E-state index in [9.17, 15) is 4.79 Å². The molecule has 0 saturated carbocycles. The first-order chi connectivity index (χ1) is 9.70. The van der Waals surface area contributed by atoms with Crippen molar-refractivity contribution in [2.75, 3.05) is 33.4 Å². The molecule has 1 amide bonds. The van der Waals surface area contributed by atoms with E-state index in [0.29, 0.717) is 24.5 Å². The second-order valence-electron chi connectivity index (χ2n) is 5.00. The summed E-state index contributed by atoms with van der Waals surface area (Å²) in [7, 11) is 1.63. The van der Waals surface area contributed by atoms with Gasteiger partial charge in [0, 0.05) is 31.8 Å². The SMILES string of the molecule is COCCOc1cccc(C(=O)N2CCC(N)CC2)c1.Cl. The van der Waals surface area contributed by atoms with Crippen LogP contribution in [0.25, 0.3) is 0 Å². The Morgan fingerprint density at radius 3 is 2.71 bits per heavy atom. The summed E-state index contributed by atoms with van der Waals surface area (Å²) < 4.78 is 10.5. The van der Waals surface area contributed by atoms with Crippen molar-refractivity contribution >= 4 is 18.3 Å². The number of ether oxygens (including phenoxy) is 2. The number of carbonyl (C=O) groups is 1. The lowest BCUT2D eigenvalue weighted by Crippen LogP contribution is -2.42. The molecule has 0 radical (unpaired) electrons. The number of nitrogens with two attached hydrogens (primary N) is 1. The van der Waals surface area contributed by atoms with Crippen LogP contribution in [-0.2, 0) is 4.74 Å². The average molecular weight is 315 g/mol. The molecule has 1 aliphatic heterocycles. The predicted octanol–water partition coefficient (Wildman–Crippen LogP) is 1.70. The molecule has 0 aromatic heterocycles. The Morgan fingerprint density at radius 2 is 2.05 bits per heavy atom. The van der Waals surface area contributed by atoms with Crippen molar-refractivity contribution in [1.82, 2.24) is 4.90 Å². The molecule has 0 unspecified atom stereocenters. The molecule has 0 aliphatic carbocycles. The third kappa shape index (κ3) is 5.19. The van der Waals surface area contributed by atoms with E-state index in [2.05, 4.69) is 0 Å². The maximum absolute atomic E-state index is 12.4. The number of likely N-dealkylation sites (tertiary alicyclic amines) is 1. The molecular formula is C15H23ClN2O3.